The molecule has 88 valence electrons. The Balaban J connectivity index is 2.25. The Morgan fingerprint density at radius 1 is 1.35 bits per heavy atom. The van der Waals surface area contributed by atoms with Gasteiger partial charge in [-0.15, -0.1) is 0 Å². The van der Waals surface area contributed by atoms with Crippen molar-refractivity contribution < 1.29 is 9.90 Å². The molecule has 5 heteroatoms. The maximum absolute atomic E-state index is 11.8. The van der Waals surface area contributed by atoms with Crippen LogP contribution in [0.2, 0.25) is 0 Å². The van der Waals surface area contributed by atoms with Crippen LogP contribution in [0.15, 0.2) is 24.4 Å². The third-order valence-electron chi connectivity index (χ3n) is 2.54. The van der Waals surface area contributed by atoms with Crippen molar-refractivity contribution in [3.05, 3.63) is 41.2 Å². The lowest BCUT2D eigenvalue weighted by molar-refractivity contribution is 0.102. The zero-order valence-electron chi connectivity index (χ0n) is 9.61. The Hall–Kier alpha value is -2.30. The van der Waals surface area contributed by atoms with Crippen molar-refractivity contribution in [3.8, 4) is 5.75 Å². The maximum Gasteiger partial charge on any atom is 0.273 e. The molecular weight excluding hydrogens is 218 g/mol. The van der Waals surface area contributed by atoms with E-state index in [0.717, 1.165) is 11.1 Å². The Kier molecular flexibility index (Phi) is 2.82. The van der Waals surface area contributed by atoms with Crippen LogP contribution in [0.5, 0.6) is 5.75 Å². The van der Waals surface area contributed by atoms with E-state index in [-0.39, 0.29) is 11.7 Å². The number of carbonyl (C=O) groups is 1. The lowest BCUT2D eigenvalue weighted by Crippen LogP contribution is -2.13. The van der Waals surface area contributed by atoms with Crippen LogP contribution in [0.25, 0.3) is 0 Å². The first kappa shape index (κ1) is 11.2. The maximum atomic E-state index is 11.8. The van der Waals surface area contributed by atoms with Gasteiger partial charge >= 0.3 is 0 Å². The van der Waals surface area contributed by atoms with Gasteiger partial charge in [-0.05, 0) is 43.2 Å². The molecular formula is C12H13N3O2. The highest BCUT2D eigenvalue weighted by molar-refractivity contribution is 6.03. The number of benzene rings is 1. The summed E-state index contributed by atoms with van der Waals surface area (Å²) in [6.45, 7) is 3.60. The molecule has 2 aromatic rings. The number of aromatic nitrogens is 2. The minimum absolute atomic E-state index is 0.224. The molecule has 0 aliphatic carbocycles. The standard InChI is InChI=1S/C12H13N3O2/c1-7-6-11(16)8(2)5-10(7)14-12(17)9-3-4-13-15-9/h3-6,16H,1-2H3,(H,13,15)(H,14,17). The summed E-state index contributed by atoms with van der Waals surface area (Å²) < 4.78 is 0. The number of aryl methyl sites for hydroxylation is 2. The normalized spacial score (nSPS) is 10.2. The van der Waals surface area contributed by atoms with Gasteiger partial charge in [0.25, 0.3) is 5.91 Å². The number of anilines is 1. The second-order valence-electron chi connectivity index (χ2n) is 3.88. The topological polar surface area (TPSA) is 78.0 Å². The van der Waals surface area contributed by atoms with Crippen molar-refractivity contribution in [1.29, 1.82) is 0 Å². The molecule has 0 bridgehead atoms. The van der Waals surface area contributed by atoms with Crippen molar-refractivity contribution in [2.45, 2.75) is 13.8 Å². The number of nitrogens with one attached hydrogen (secondary N) is 2. The Labute approximate surface area is 98.5 Å². The number of carbonyl (C=O) groups excluding carboxylic acids is 1. The largest absolute Gasteiger partial charge is 0.508 e. The van der Waals surface area contributed by atoms with E-state index in [1.165, 1.54) is 6.20 Å². The van der Waals surface area contributed by atoms with Gasteiger partial charge in [-0.3, -0.25) is 9.89 Å². The van der Waals surface area contributed by atoms with Crippen LogP contribution in [-0.4, -0.2) is 21.2 Å². The van der Waals surface area contributed by atoms with Gasteiger partial charge in [-0.2, -0.15) is 5.10 Å². The summed E-state index contributed by atoms with van der Waals surface area (Å²) in [5, 5.41) is 18.6. The average Bonchev–Trinajstić information content (AvgIpc) is 2.79. The highest BCUT2D eigenvalue weighted by Crippen LogP contribution is 2.25. The molecule has 1 aromatic heterocycles. The molecule has 0 unspecified atom stereocenters. The lowest BCUT2D eigenvalue weighted by atomic mass is 10.1. The summed E-state index contributed by atoms with van der Waals surface area (Å²) in [6.07, 6.45) is 1.52. The summed E-state index contributed by atoms with van der Waals surface area (Å²) in [5.74, 6) is -0.0299. The summed E-state index contributed by atoms with van der Waals surface area (Å²) in [4.78, 5) is 11.8. The van der Waals surface area contributed by atoms with Crippen LogP contribution in [0.1, 0.15) is 21.6 Å². The predicted octanol–water partition coefficient (Wildman–Crippen LogP) is 1.98. The third-order valence-corrected chi connectivity index (χ3v) is 2.54. The van der Waals surface area contributed by atoms with Crippen molar-refractivity contribution in [2.75, 3.05) is 5.32 Å². The summed E-state index contributed by atoms with van der Waals surface area (Å²) >= 11 is 0. The fourth-order valence-corrected chi connectivity index (χ4v) is 1.51. The molecule has 3 N–H and O–H groups in total. The Morgan fingerprint density at radius 3 is 2.76 bits per heavy atom. The summed E-state index contributed by atoms with van der Waals surface area (Å²) in [5.41, 5.74) is 2.60. The number of hydrogen-bond acceptors (Lipinski definition) is 3. The first-order valence-electron chi connectivity index (χ1n) is 5.19. The highest BCUT2D eigenvalue weighted by Gasteiger charge is 2.10. The van der Waals surface area contributed by atoms with Crippen LogP contribution in [-0.2, 0) is 0 Å². The summed E-state index contributed by atoms with van der Waals surface area (Å²) in [7, 11) is 0. The predicted molar refractivity (Wildman–Crippen MR) is 64.1 cm³/mol. The molecule has 0 fully saturated rings. The van der Waals surface area contributed by atoms with Gasteiger partial charge in [0.1, 0.15) is 11.4 Å². The SMILES string of the molecule is Cc1cc(NC(=O)c2ccn[nH]2)c(C)cc1O. The number of hydrogen-bond donors (Lipinski definition) is 3. The molecule has 1 amide bonds. The lowest BCUT2D eigenvalue weighted by Gasteiger charge is -2.09. The fourth-order valence-electron chi connectivity index (χ4n) is 1.51. The number of aromatic amines is 1. The van der Waals surface area contributed by atoms with Gasteiger partial charge in [0.05, 0.1) is 0 Å². The van der Waals surface area contributed by atoms with E-state index in [1.54, 1.807) is 25.1 Å². The Bertz CT molecular complexity index is 547. The van der Waals surface area contributed by atoms with Crippen LogP contribution >= 0.6 is 0 Å². The number of phenolic OH excluding ortho intramolecular Hbond substituents is 1. The van der Waals surface area contributed by atoms with Crippen molar-refractivity contribution in [2.24, 2.45) is 0 Å². The van der Waals surface area contributed by atoms with E-state index in [1.807, 2.05) is 6.92 Å². The third kappa shape index (κ3) is 2.28. The molecule has 5 nitrogen and oxygen atoms in total. The zero-order valence-corrected chi connectivity index (χ0v) is 9.61. The zero-order chi connectivity index (χ0) is 12.4. The molecule has 0 aliphatic heterocycles. The fraction of sp³-hybridized carbons (Fsp3) is 0.167. The number of H-pyrrole nitrogens is 1. The van der Waals surface area contributed by atoms with Crippen molar-refractivity contribution in [3.63, 3.8) is 0 Å². The van der Waals surface area contributed by atoms with E-state index < -0.39 is 0 Å². The first-order chi connectivity index (χ1) is 8.08. The molecule has 0 radical (unpaired) electrons. The van der Waals surface area contributed by atoms with Crippen LogP contribution < -0.4 is 5.32 Å². The molecule has 0 spiro atoms. The molecule has 1 heterocycles. The van der Waals surface area contributed by atoms with E-state index >= 15 is 0 Å². The van der Waals surface area contributed by atoms with Crippen LogP contribution in [0.4, 0.5) is 5.69 Å². The second kappa shape index (κ2) is 4.29. The van der Waals surface area contributed by atoms with Gasteiger partial charge in [0.2, 0.25) is 0 Å². The molecule has 1 aromatic carbocycles. The van der Waals surface area contributed by atoms with Gasteiger partial charge in [0, 0.05) is 11.9 Å². The van der Waals surface area contributed by atoms with Gasteiger partial charge in [0.15, 0.2) is 0 Å². The smallest absolute Gasteiger partial charge is 0.273 e. The monoisotopic (exact) mass is 231 g/mol. The first-order valence-corrected chi connectivity index (χ1v) is 5.19. The number of nitrogens with zero attached hydrogens (tertiary/aromatic N) is 1. The second-order valence-corrected chi connectivity index (χ2v) is 3.88. The Morgan fingerprint density at radius 2 is 2.12 bits per heavy atom. The minimum atomic E-state index is -0.254. The summed E-state index contributed by atoms with van der Waals surface area (Å²) in [6, 6.07) is 4.95. The van der Waals surface area contributed by atoms with E-state index in [9.17, 15) is 9.90 Å². The number of phenols is 1. The molecule has 0 aliphatic rings. The van der Waals surface area contributed by atoms with Crippen LogP contribution in [0, 0.1) is 13.8 Å². The van der Waals surface area contributed by atoms with E-state index in [2.05, 4.69) is 15.5 Å². The number of amides is 1. The molecule has 0 atom stereocenters. The molecule has 2 rings (SSSR count). The van der Waals surface area contributed by atoms with E-state index in [4.69, 9.17) is 0 Å². The average molecular weight is 231 g/mol. The van der Waals surface area contributed by atoms with Gasteiger partial charge in [-0.25, -0.2) is 0 Å². The molecule has 0 saturated carbocycles. The quantitative estimate of drug-likeness (QED) is 0.691. The minimum Gasteiger partial charge on any atom is -0.508 e. The van der Waals surface area contributed by atoms with Crippen molar-refractivity contribution >= 4 is 11.6 Å². The number of rotatable bonds is 2. The van der Waals surface area contributed by atoms with Crippen molar-refractivity contribution in [1.82, 2.24) is 10.2 Å². The van der Waals surface area contributed by atoms with Gasteiger partial charge < -0.3 is 10.4 Å². The molecule has 0 saturated heterocycles. The number of aromatic hydroxyl groups is 1. The molecule has 17 heavy (non-hydrogen) atoms. The van der Waals surface area contributed by atoms with E-state index in [0.29, 0.717) is 11.4 Å². The van der Waals surface area contributed by atoms with Crippen LogP contribution in [0.3, 0.4) is 0 Å². The van der Waals surface area contributed by atoms with Gasteiger partial charge in [-0.1, -0.05) is 0 Å². The highest BCUT2D eigenvalue weighted by atomic mass is 16.3.